The predicted molar refractivity (Wildman–Crippen MR) is 84.9 cm³/mol. The zero-order valence-electron chi connectivity index (χ0n) is 10.5. The highest BCUT2D eigenvalue weighted by Crippen LogP contribution is 2.40. The van der Waals surface area contributed by atoms with Gasteiger partial charge < -0.3 is 10.4 Å². The molecule has 1 aliphatic heterocycles. The average molecular weight is 387 g/mol. The molecule has 0 bridgehead atoms. The van der Waals surface area contributed by atoms with Crippen LogP contribution in [0.4, 0.5) is 5.69 Å². The molecule has 2 aromatic rings. The molecule has 2 N–H and O–H groups in total. The molecule has 0 saturated heterocycles. The summed E-state index contributed by atoms with van der Waals surface area (Å²) in [4.78, 5) is 24.8. The van der Waals surface area contributed by atoms with Gasteiger partial charge in [-0.15, -0.1) is 11.3 Å². The van der Waals surface area contributed by atoms with Crippen LogP contribution in [-0.4, -0.2) is 16.8 Å². The molecule has 0 radical (unpaired) electrons. The molecule has 1 amide bonds. The van der Waals surface area contributed by atoms with Crippen molar-refractivity contribution >= 4 is 56.2 Å². The lowest BCUT2D eigenvalue weighted by molar-refractivity contribution is -0.133. The maximum absolute atomic E-state index is 12.3. The standard InChI is InChI=1S/C14H9BrClNO3S/c15-12-4-3-11(21-12)10(18)6-14(20)8-5-7(16)1-2-9(8)17-13(14)19/h1-5,20H,6H2,(H,17,19). The van der Waals surface area contributed by atoms with Gasteiger partial charge in [0, 0.05) is 16.3 Å². The summed E-state index contributed by atoms with van der Waals surface area (Å²) >= 11 is 10.5. The van der Waals surface area contributed by atoms with Crippen LogP contribution in [0.5, 0.6) is 0 Å². The number of fused-ring (bicyclic) bond motifs is 1. The molecule has 3 rings (SSSR count). The first-order chi connectivity index (χ1) is 9.90. The van der Waals surface area contributed by atoms with Gasteiger partial charge in [0.1, 0.15) is 0 Å². The summed E-state index contributed by atoms with van der Waals surface area (Å²) < 4.78 is 0.817. The Morgan fingerprint density at radius 1 is 1.38 bits per heavy atom. The molecule has 4 nitrogen and oxygen atoms in total. The van der Waals surface area contributed by atoms with Crippen LogP contribution in [-0.2, 0) is 10.4 Å². The minimum absolute atomic E-state index is 0.295. The Balaban J connectivity index is 1.96. The molecule has 0 saturated carbocycles. The number of halogens is 2. The van der Waals surface area contributed by atoms with E-state index in [1.54, 1.807) is 24.3 Å². The third kappa shape index (κ3) is 2.53. The average Bonchev–Trinajstić information content (AvgIpc) is 2.95. The SMILES string of the molecule is O=C(CC1(O)C(=O)Nc2ccc(Cl)cc21)c1ccc(Br)s1. The molecule has 21 heavy (non-hydrogen) atoms. The predicted octanol–water partition coefficient (Wildman–Crippen LogP) is 3.58. The zero-order chi connectivity index (χ0) is 15.2. The number of benzene rings is 1. The van der Waals surface area contributed by atoms with Gasteiger partial charge in [-0.25, -0.2) is 0 Å². The molecular formula is C14H9BrClNO3S. The third-order valence-electron chi connectivity index (χ3n) is 3.32. The highest BCUT2D eigenvalue weighted by atomic mass is 79.9. The van der Waals surface area contributed by atoms with Gasteiger partial charge in [0.2, 0.25) is 0 Å². The summed E-state index contributed by atoms with van der Waals surface area (Å²) in [6.45, 7) is 0. The van der Waals surface area contributed by atoms with Gasteiger partial charge in [-0.1, -0.05) is 11.6 Å². The van der Waals surface area contributed by atoms with Crippen molar-refractivity contribution in [3.8, 4) is 0 Å². The summed E-state index contributed by atoms with van der Waals surface area (Å²) in [7, 11) is 0. The first-order valence-corrected chi connectivity index (χ1v) is 8.01. The molecule has 1 atom stereocenters. The fraction of sp³-hybridized carbons (Fsp3) is 0.143. The number of amides is 1. The van der Waals surface area contributed by atoms with Crippen LogP contribution in [0.2, 0.25) is 5.02 Å². The summed E-state index contributed by atoms with van der Waals surface area (Å²) in [6, 6.07) is 8.14. The van der Waals surface area contributed by atoms with Crippen molar-refractivity contribution in [1.82, 2.24) is 0 Å². The zero-order valence-corrected chi connectivity index (χ0v) is 13.7. The van der Waals surface area contributed by atoms with Crippen molar-refractivity contribution in [2.24, 2.45) is 0 Å². The van der Waals surface area contributed by atoms with Gasteiger partial charge >= 0.3 is 0 Å². The fourth-order valence-corrected chi connectivity index (χ4v) is 3.77. The number of hydrogen-bond donors (Lipinski definition) is 2. The first-order valence-electron chi connectivity index (χ1n) is 6.02. The van der Waals surface area contributed by atoms with Gasteiger partial charge in [-0.05, 0) is 46.3 Å². The Morgan fingerprint density at radius 2 is 2.14 bits per heavy atom. The van der Waals surface area contributed by atoms with Crippen LogP contribution in [0.15, 0.2) is 34.1 Å². The first kappa shape index (κ1) is 14.7. The van der Waals surface area contributed by atoms with E-state index in [-0.39, 0.29) is 12.2 Å². The van der Waals surface area contributed by atoms with Crippen molar-refractivity contribution in [1.29, 1.82) is 0 Å². The number of anilines is 1. The van der Waals surface area contributed by atoms with E-state index in [4.69, 9.17) is 11.6 Å². The van der Waals surface area contributed by atoms with E-state index in [1.807, 2.05) is 0 Å². The Bertz CT molecular complexity index is 760. The Labute approximate surface area is 137 Å². The number of hydrogen-bond acceptors (Lipinski definition) is 4. The number of ketones is 1. The lowest BCUT2D eigenvalue weighted by Crippen LogP contribution is -2.36. The van der Waals surface area contributed by atoms with Crippen molar-refractivity contribution in [2.45, 2.75) is 12.0 Å². The molecular weight excluding hydrogens is 378 g/mol. The van der Waals surface area contributed by atoms with Gasteiger partial charge in [0.15, 0.2) is 11.4 Å². The summed E-state index contributed by atoms with van der Waals surface area (Å²) in [6.07, 6.45) is -0.320. The van der Waals surface area contributed by atoms with Crippen LogP contribution in [0.1, 0.15) is 21.7 Å². The van der Waals surface area contributed by atoms with Gasteiger partial charge in [0.25, 0.3) is 5.91 Å². The molecule has 0 fully saturated rings. The Kier molecular flexibility index (Phi) is 3.65. The Hall–Kier alpha value is -1.21. The highest BCUT2D eigenvalue weighted by Gasteiger charge is 2.47. The molecule has 108 valence electrons. The molecule has 1 aliphatic rings. The van der Waals surface area contributed by atoms with Crippen molar-refractivity contribution < 1.29 is 14.7 Å². The quantitative estimate of drug-likeness (QED) is 0.793. The second-order valence-corrected chi connectivity index (χ2v) is 7.61. The normalized spacial score (nSPS) is 20.2. The second-order valence-electron chi connectivity index (χ2n) is 4.71. The molecule has 0 aliphatic carbocycles. The van der Waals surface area contributed by atoms with E-state index < -0.39 is 11.5 Å². The Morgan fingerprint density at radius 3 is 2.81 bits per heavy atom. The number of thiophene rings is 1. The van der Waals surface area contributed by atoms with Crippen LogP contribution in [0.25, 0.3) is 0 Å². The van der Waals surface area contributed by atoms with E-state index in [9.17, 15) is 14.7 Å². The number of rotatable bonds is 3. The van der Waals surface area contributed by atoms with Gasteiger partial charge in [0.05, 0.1) is 15.1 Å². The number of carbonyl (C=O) groups is 2. The molecule has 7 heteroatoms. The van der Waals surface area contributed by atoms with E-state index >= 15 is 0 Å². The van der Waals surface area contributed by atoms with E-state index in [0.29, 0.717) is 21.2 Å². The second kappa shape index (κ2) is 5.21. The lowest BCUT2D eigenvalue weighted by atomic mass is 9.89. The van der Waals surface area contributed by atoms with Crippen molar-refractivity contribution in [3.63, 3.8) is 0 Å². The largest absolute Gasteiger partial charge is 0.375 e. The lowest BCUT2D eigenvalue weighted by Gasteiger charge is -2.19. The maximum atomic E-state index is 12.3. The summed E-state index contributed by atoms with van der Waals surface area (Å²) in [5.74, 6) is -0.903. The van der Waals surface area contributed by atoms with Crippen LogP contribution >= 0.6 is 38.9 Å². The molecule has 2 heterocycles. The molecule has 1 aromatic carbocycles. The molecule has 1 unspecified atom stereocenters. The smallest absolute Gasteiger partial charge is 0.261 e. The van der Waals surface area contributed by atoms with Crippen LogP contribution < -0.4 is 5.32 Å². The van der Waals surface area contributed by atoms with Crippen LogP contribution in [0, 0.1) is 0 Å². The van der Waals surface area contributed by atoms with E-state index in [0.717, 1.165) is 3.79 Å². The van der Waals surface area contributed by atoms with Crippen molar-refractivity contribution in [3.05, 3.63) is 49.6 Å². The van der Waals surface area contributed by atoms with Crippen molar-refractivity contribution in [2.75, 3.05) is 5.32 Å². The monoisotopic (exact) mass is 385 g/mol. The van der Waals surface area contributed by atoms with E-state index in [2.05, 4.69) is 21.2 Å². The van der Waals surface area contributed by atoms with Gasteiger partial charge in [-0.2, -0.15) is 0 Å². The minimum Gasteiger partial charge on any atom is -0.375 e. The van der Waals surface area contributed by atoms with Gasteiger partial charge in [-0.3, -0.25) is 9.59 Å². The number of Topliss-reactive ketones (excluding diaryl/α,β-unsaturated/α-hetero) is 1. The summed E-state index contributed by atoms with van der Waals surface area (Å²) in [5, 5.41) is 13.6. The molecule has 0 spiro atoms. The maximum Gasteiger partial charge on any atom is 0.261 e. The minimum atomic E-state index is -1.88. The van der Waals surface area contributed by atoms with E-state index in [1.165, 1.54) is 17.4 Å². The number of carbonyl (C=O) groups excluding carboxylic acids is 2. The highest BCUT2D eigenvalue weighted by molar-refractivity contribution is 9.11. The number of nitrogens with one attached hydrogen (secondary N) is 1. The number of aliphatic hydroxyl groups is 1. The van der Waals surface area contributed by atoms with Crippen LogP contribution in [0.3, 0.4) is 0 Å². The molecule has 1 aromatic heterocycles. The third-order valence-corrected chi connectivity index (χ3v) is 5.22. The topological polar surface area (TPSA) is 66.4 Å². The fourth-order valence-electron chi connectivity index (χ4n) is 2.27. The summed E-state index contributed by atoms with van der Waals surface area (Å²) in [5.41, 5.74) is -1.07.